The van der Waals surface area contributed by atoms with Gasteiger partial charge in [0.1, 0.15) is 7.14 Å². The maximum absolute atomic E-state index is 12.9. The molecule has 8 aromatic carbocycles. The van der Waals surface area contributed by atoms with E-state index in [0.29, 0.717) is 23.4 Å². The topological polar surface area (TPSA) is 55.7 Å². The molecule has 0 aliphatic heterocycles. The molecule has 2 aliphatic rings. The minimum Gasteiger partial charge on any atom is -0.319 e. The molecule has 9 aromatic rings. The molecule has 0 amide bonds. The van der Waals surface area contributed by atoms with Crippen molar-refractivity contribution in [2.45, 2.75) is 31.1 Å². The van der Waals surface area contributed by atoms with E-state index in [1.165, 1.54) is 35.8 Å². The first-order chi connectivity index (χ1) is 28.8. The molecule has 1 heterocycles. The molecule has 11 rings (SSSR count). The highest BCUT2D eigenvalue weighted by molar-refractivity contribution is 7.70. The summed E-state index contributed by atoms with van der Waals surface area (Å²) in [4.78, 5) is 15.8. The van der Waals surface area contributed by atoms with Crippen LogP contribution in [0.15, 0.2) is 170 Å². The Morgan fingerprint density at radius 1 is 0.492 bits per heavy atom. The normalized spacial score (nSPS) is 18.9. The summed E-state index contributed by atoms with van der Waals surface area (Å²) in [5.41, 5.74) is 7.93. The van der Waals surface area contributed by atoms with Crippen molar-refractivity contribution in [2.75, 3.05) is 13.3 Å². The summed E-state index contributed by atoms with van der Waals surface area (Å²) in [7, 11) is -2.36. The van der Waals surface area contributed by atoms with E-state index in [0.717, 1.165) is 72.4 Å². The number of rotatable bonds is 7. The van der Waals surface area contributed by atoms with Crippen molar-refractivity contribution >= 4 is 44.8 Å². The van der Waals surface area contributed by atoms with E-state index in [1.807, 2.05) is 25.5 Å². The molecule has 3 unspecified atom stereocenters. The van der Waals surface area contributed by atoms with Crippen LogP contribution in [0.5, 0.6) is 0 Å². The lowest BCUT2D eigenvalue weighted by Gasteiger charge is -2.39. The molecule has 286 valence electrons. The van der Waals surface area contributed by atoms with Crippen molar-refractivity contribution in [3.05, 3.63) is 181 Å². The van der Waals surface area contributed by atoms with Crippen LogP contribution in [0.2, 0.25) is 0 Å². The van der Waals surface area contributed by atoms with Crippen molar-refractivity contribution in [3.8, 4) is 45.3 Å². The van der Waals surface area contributed by atoms with Gasteiger partial charge in [-0.15, -0.1) is 0 Å². The number of aromatic nitrogens is 3. The molecule has 2 bridgehead atoms. The van der Waals surface area contributed by atoms with Crippen LogP contribution in [-0.4, -0.2) is 28.3 Å². The summed E-state index contributed by atoms with van der Waals surface area (Å²) in [6, 6.07) is 60.9. The zero-order chi connectivity index (χ0) is 39.7. The molecule has 4 nitrogen and oxygen atoms in total. The van der Waals surface area contributed by atoms with Gasteiger partial charge in [-0.2, -0.15) is 0 Å². The van der Waals surface area contributed by atoms with Gasteiger partial charge in [-0.05, 0) is 117 Å². The van der Waals surface area contributed by atoms with E-state index >= 15 is 0 Å². The van der Waals surface area contributed by atoms with Crippen LogP contribution in [0.3, 0.4) is 0 Å². The largest absolute Gasteiger partial charge is 0.319 e. The third-order valence-corrected chi connectivity index (χ3v) is 14.9. The first-order valence-electron chi connectivity index (χ1n) is 20.8. The van der Waals surface area contributed by atoms with Crippen LogP contribution in [0, 0.1) is 11.8 Å². The summed E-state index contributed by atoms with van der Waals surface area (Å²) < 4.78 is 12.9. The second-order valence-corrected chi connectivity index (χ2v) is 20.4. The molecular weight excluding hydrogens is 738 g/mol. The maximum Gasteiger partial charge on any atom is 0.165 e. The Kier molecular flexibility index (Phi) is 8.50. The molecule has 2 aliphatic carbocycles. The third-order valence-electron chi connectivity index (χ3n) is 13.3. The van der Waals surface area contributed by atoms with Crippen molar-refractivity contribution in [2.24, 2.45) is 11.8 Å². The van der Waals surface area contributed by atoms with Gasteiger partial charge in [-0.3, -0.25) is 0 Å². The first kappa shape index (κ1) is 35.9. The van der Waals surface area contributed by atoms with Gasteiger partial charge in [0.15, 0.2) is 17.5 Å². The van der Waals surface area contributed by atoms with Crippen LogP contribution >= 0.6 is 7.14 Å². The summed E-state index contributed by atoms with van der Waals surface area (Å²) in [6.45, 7) is 3.69. The Balaban J connectivity index is 1.03. The molecular formula is C54H44N3OP. The number of hydrogen-bond acceptors (Lipinski definition) is 4. The highest BCUT2D eigenvalue weighted by Gasteiger charge is 2.52. The zero-order valence-corrected chi connectivity index (χ0v) is 34.2. The number of benzene rings is 8. The monoisotopic (exact) mass is 781 g/mol. The van der Waals surface area contributed by atoms with E-state index in [9.17, 15) is 4.57 Å². The van der Waals surface area contributed by atoms with E-state index < -0.39 is 7.14 Å². The van der Waals surface area contributed by atoms with Crippen LogP contribution in [0.1, 0.15) is 36.8 Å². The molecule has 0 N–H and O–H groups in total. The van der Waals surface area contributed by atoms with E-state index in [-0.39, 0.29) is 5.41 Å². The highest BCUT2D eigenvalue weighted by Crippen LogP contribution is 2.60. The predicted molar refractivity (Wildman–Crippen MR) is 246 cm³/mol. The molecule has 0 spiro atoms. The fourth-order valence-corrected chi connectivity index (χ4v) is 11.3. The lowest BCUT2D eigenvalue weighted by atomic mass is 9.64. The number of hydrogen-bond donors (Lipinski definition) is 0. The van der Waals surface area contributed by atoms with Gasteiger partial charge < -0.3 is 4.57 Å². The lowest BCUT2D eigenvalue weighted by molar-refractivity contribution is 0.320. The van der Waals surface area contributed by atoms with E-state index in [4.69, 9.17) is 15.0 Å². The van der Waals surface area contributed by atoms with Crippen LogP contribution in [0.4, 0.5) is 0 Å². The fraction of sp³-hybridized carbons (Fsp3) is 0.167. The molecule has 59 heavy (non-hydrogen) atoms. The maximum atomic E-state index is 12.9. The SMILES string of the molecule is CP(C)(=O)c1cccc(-c2ccc(C3(c4ccc(-c5nc(-c6ccc7ccccc7c6)nc(-c6c7ccccc7cc7ccccc67)n5)cc4)CC4CCC3C4)cc2)c1. The standard InChI is InChI=1S/C54H44N3OP/c1-59(2,58)47-15-9-14-40(33-47)37-21-26-44(27-22-37)54(34-35-18-25-46(54)30-35)45-28-23-38(24-29-45)51-55-52(43-20-19-36-10-3-4-11-39(36)31-43)57-53(56-51)50-48-16-7-5-12-41(48)32-42-13-6-8-17-49(42)50/h3-17,19-24,26-29,31-33,35,46H,18,25,30,34H2,1-2H3. The van der Waals surface area contributed by atoms with Gasteiger partial charge in [-0.1, -0.05) is 158 Å². The Bertz CT molecular complexity index is 3080. The smallest absolute Gasteiger partial charge is 0.165 e. The Morgan fingerprint density at radius 3 is 1.69 bits per heavy atom. The van der Waals surface area contributed by atoms with Gasteiger partial charge in [0.25, 0.3) is 0 Å². The fourth-order valence-electron chi connectivity index (χ4n) is 10.4. The molecule has 2 fully saturated rings. The summed E-state index contributed by atoms with van der Waals surface area (Å²) in [5.74, 6) is 3.34. The highest BCUT2D eigenvalue weighted by atomic mass is 31.2. The summed E-state index contributed by atoms with van der Waals surface area (Å²) in [5, 5.41) is 7.81. The quantitative estimate of drug-likeness (QED) is 0.119. The summed E-state index contributed by atoms with van der Waals surface area (Å²) in [6.07, 6.45) is 5.01. The Morgan fingerprint density at radius 2 is 1.07 bits per heavy atom. The lowest BCUT2D eigenvalue weighted by Crippen LogP contribution is -2.34. The predicted octanol–water partition coefficient (Wildman–Crippen LogP) is 13.4. The van der Waals surface area contributed by atoms with E-state index in [2.05, 4.69) is 158 Å². The minimum absolute atomic E-state index is 0.0489. The molecule has 2 saturated carbocycles. The molecule has 5 heteroatoms. The average Bonchev–Trinajstić information content (AvgIpc) is 3.91. The average molecular weight is 782 g/mol. The van der Waals surface area contributed by atoms with Crippen molar-refractivity contribution < 1.29 is 4.57 Å². The van der Waals surface area contributed by atoms with Crippen LogP contribution < -0.4 is 5.30 Å². The molecule has 3 atom stereocenters. The summed E-state index contributed by atoms with van der Waals surface area (Å²) >= 11 is 0. The number of fused-ring (bicyclic) bond motifs is 5. The number of nitrogens with zero attached hydrogens (tertiary/aromatic N) is 3. The van der Waals surface area contributed by atoms with E-state index in [1.54, 1.807) is 0 Å². The minimum atomic E-state index is -2.36. The van der Waals surface area contributed by atoms with Crippen molar-refractivity contribution in [1.29, 1.82) is 0 Å². The molecule has 1 aromatic heterocycles. The van der Waals surface area contributed by atoms with Gasteiger partial charge in [-0.25, -0.2) is 15.0 Å². The Hall–Kier alpha value is -6.22. The van der Waals surface area contributed by atoms with Gasteiger partial charge in [0, 0.05) is 27.4 Å². The van der Waals surface area contributed by atoms with Crippen molar-refractivity contribution in [3.63, 3.8) is 0 Å². The van der Waals surface area contributed by atoms with Crippen molar-refractivity contribution in [1.82, 2.24) is 15.0 Å². The van der Waals surface area contributed by atoms with Crippen LogP contribution in [0.25, 0.3) is 77.6 Å². The second-order valence-electron chi connectivity index (χ2n) is 17.2. The van der Waals surface area contributed by atoms with Crippen LogP contribution in [-0.2, 0) is 9.98 Å². The van der Waals surface area contributed by atoms with Gasteiger partial charge in [0.2, 0.25) is 0 Å². The third kappa shape index (κ3) is 6.21. The second kappa shape index (κ2) is 14.0. The molecule has 0 radical (unpaired) electrons. The van der Waals surface area contributed by atoms with Gasteiger partial charge in [0.05, 0.1) is 0 Å². The Labute approximate surface area is 345 Å². The zero-order valence-electron chi connectivity index (χ0n) is 33.3. The first-order valence-corrected chi connectivity index (χ1v) is 23.4. The molecule has 0 saturated heterocycles. The van der Waals surface area contributed by atoms with Gasteiger partial charge >= 0.3 is 0 Å².